The van der Waals surface area contributed by atoms with E-state index in [0.717, 1.165) is 33.6 Å². The normalized spacial score (nSPS) is 19.2. The molecular weight excluding hydrogens is 635 g/mol. The van der Waals surface area contributed by atoms with E-state index < -0.39 is 44.6 Å². The number of carbonyl (C=O) groups is 3. The van der Waals surface area contributed by atoms with Crippen LogP contribution in [-0.4, -0.2) is 32.5 Å². The number of benzene rings is 3. The molecule has 10 nitrogen and oxygen atoms in total. The summed E-state index contributed by atoms with van der Waals surface area (Å²) in [5.41, 5.74) is 1.93. The maximum absolute atomic E-state index is 14.0. The van der Waals surface area contributed by atoms with Crippen molar-refractivity contribution in [3.05, 3.63) is 113 Å². The molecule has 0 spiro atoms. The number of aromatic nitrogens is 1. The molecule has 4 aromatic rings. The third-order valence-electron chi connectivity index (χ3n) is 7.41. The fraction of sp³-hybridized carbons (Fsp3) is 0.172. The smallest absolute Gasteiger partial charge is 0.308 e. The van der Waals surface area contributed by atoms with E-state index in [0.29, 0.717) is 21.2 Å². The van der Waals surface area contributed by atoms with Crippen molar-refractivity contribution in [2.45, 2.75) is 29.7 Å². The highest BCUT2D eigenvalue weighted by atomic mass is 35.5. The van der Waals surface area contributed by atoms with Gasteiger partial charge in [-0.15, -0.1) is 0 Å². The van der Waals surface area contributed by atoms with E-state index in [-0.39, 0.29) is 28.0 Å². The lowest BCUT2D eigenvalue weighted by molar-refractivity contribution is -0.384. The second-order valence-electron chi connectivity index (χ2n) is 9.96. The first-order valence-electron chi connectivity index (χ1n) is 12.9. The Hall–Kier alpha value is -3.97. The molecule has 2 aliphatic heterocycles. The number of carbonyl (C=O) groups excluding carboxylic acids is 3. The minimum absolute atomic E-state index is 0.185. The molecule has 218 valence electrons. The second-order valence-corrected chi connectivity index (χ2v) is 12.9. The molecule has 43 heavy (non-hydrogen) atoms. The van der Waals surface area contributed by atoms with E-state index in [4.69, 9.17) is 23.2 Å². The highest BCUT2D eigenvalue weighted by Crippen LogP contribution is 2.55. The highest BCUT2D eigenvalue weighted by Gasteiger charge is 2.57. The van der Waals surface area contributed by atoms with Crippen LogP contribution >= 0.6 is 46.3 Å². The van der Waals surface area contributed by atoms with Gasteiger partial charge in [0.15, 0.2) is 0 Å². The number of rotatable bonds is 6. The molecule has 0 radical (unpaired) electrons. The van der Waals surface area contributed by atoms with E-state index in [9.17, 15) is 29.3 Å². The average molecular weight is 656 g/mol. The number of fused-ring (bicyclic) bond motifs is 2. The van der Waals surface area contributed by atoms with E-state index in [1.807, 2.05) is 19.1 Å². The van der Waals surface area contributed by atoms with Crippen LogP contribution in [0.15, 0.2) is 76.6 Å². The summed E-state index contributed by atoms with van der Waals surface area (Å²) in [5.74, 6) is -3.28. The molecule has 1 aromatic heterocycles. The molecule has 2 aliphatic rings. The third kappa shape index (κ3) is 5.03. The van der Waals surface area contributed by atoms with E-state index >= 15 is 0 Å². The summed E-state index contributed by atoms with van der Waals surface area (Å²) in [6, 6.07) is 17.3. The van der Waals surface area contributed by atoms with Gasteiger partial charge in [-0.2, -0.15) is 0 Å². The Labute approximate surface area is 262 Å². The number of hydrogen-bond donors (Lipinski definition) is 1. The van der Waals surface area contributed by atoms with Gasteiger partial charge in [0.25, 0.3) is 5.69 Å². The number of thiazole rings is 1. The minimum atomic E-state index is -0.963. The van der Waals surface area contributed by atoms with Crippen molar-refractivity contribution in [1.82, 2.24) is 4.57 Å². The molecule has 0 bridgehead atoms. The Kier molecular flexibility index (Phi) is 7.63. The van der Waals surface area contributed by atoms with E-state index in [1.165, 1.54) is 28.8 Å². The van der Waals surface area contributed by atoms with Gasteiger partial charge in [0, 0.05) is 28.6 Å². The minimum Gasteiger partial charge on any atom is -0.324 e. The van der Waals surface area contributed by atoms with Crippen LogP contribution in [0.1, 0.15) is 21.9 Å². The molecular formula is C29H20Cl2N4O6S2. The van der Waals surface area contributed by atoms with Gasteiger partial charge in [-0.25, -0.2) is 4.90 Å². The summed E-state index contributed by atoms with van der Waals surface area (Å²) >= 11 is 14.9. The van der Waals surface area contributed by atoms with Gasteiger partial charge in [0.2, 0.25) is 17.7 Å². The third-order valence-corrected chi connectivity index (χ3v) is 10.8. The number of nitro benzene ring substituents is 1. The zero-order valence-corrected chi connectivity index (χ0v) is 25.3. The second kappa shape index (κ2) is 11.3. The standard InChI is InChI=1S/C29H20Cl2N4O6S2/c1-14-5-2-3-8-19(14)32-20(36)13-33-28-25(43-29(33)39)21(17-6-4-7-18(30)23(17)31)22-24(42-28)27(38)34(26(22)37)15-9-11-16(12-10-15)35(40)41/h2-12,21-22,24H,13H2,1H3,(H,32,36). The Bertz CT molecular complexity index is 1890. The first kappa shape index (κ1) is 29.1. The van der Waals surface area contributed by atoms with Crippen molar-refractivity contribution >= 4 is 81.1 Å². The fourth-order valence-corrected chi connectivity index (χ4v) is 8.56. The Morgan fingerprint density at radius 2 is 1.72 bits per heavy atom. The molecule has 1 saturated heterocycles. The zero-order chi connectivity index (χ0) is 30.6. The van der Waals surface area contributed by atoms with Crippen LogP contribution in [0.25, 0.3) is 0 Å². The Morgan fingerprint density at radius 1 is 1.00 bits per heavy atom. The molecule has 3 atom stereocenters. The number of non-ortho nitro benzene ring substituents is 1. The number of aryl methyl sites for hydroxylation is 1. The van der Waals surface area contributed by atoms with Crippen molar-refractivity contribution in [2.24, 2.45) is 5.92 Å². The Morgan fingerprint density at radius 3 is 2.42 bits per heavy atom. The summed E-state index contributed by atoms with van der Waals surface area (Å²) in [7, 11) is 0. The highest BCUT2D eigenvalue weighted by molar-refractivity contribution is 8.00. The van der Waals surface area contributed by atoms with Crippen molar-refractivity contribution in [3.63, 3.8) is 0 Å². The van der Waals surface area contributed by atoms with Crippen LogP contribution in [0.5, 0.6) is 0 Å². The number of para-hydroxylation sites is 1. The summed E-state index contributed by atoms with van der Waals surface area (Å²) < 4.78 is 1.31. The first-order valence-corrected chi connectivity index (χ1v) is 15.3. The van der Waals surface area contributed by atoms with Crippen molar-refractivity contribution in [3.8, 4) is 0 Å². The maximum atomic E-state index is 14.0. The van der Waals surface area contributed by atoms with Gasteiger partial charge >= 0.3 is 4.87 Å². The molecule has 3 unspecified atom stereocenters. The fourth-order valence-electron chi connectivity index (χ4n) is 5.38. The van der Waals surface area contributed by atoms with Crippen LogP contribution in [-0.2, 0) is 20.9 Å². The largest absolute Gasteiger partial charge is 0.324 e. The summed E-state index contributed by atoms with van der Waals surface area (Å²) in [4.78, 5) is 66.0. The SMILES string of the molecule is Cc1ccccc1NC(=O)Cn1c2c(sc1=O)C(c1cccc(Cl)c1Cl)C1C(=O)N(c3ccc([N+](=O)[O-])cc3)C(=O)C1S2. The summed E-state index contributed by atoms with van der Waals surface area (Å²) in [6.45, 7) is 1.54. The predicted octanol–water partition coefficient (Wildman–Crippen LogP) is 5.87. The topological polar surface area (TPSA) is 132 Å². The molecule has 0 saturated carbocycles. The van der Waals surface area contributed by atoms with Crippen molar-refractivity contribution in [1.29, 1.82) is 0 Å². The van der Waals surface area contributed by atoms with Gasteiger partial charge in [0.05, 0.1) is 31.6 Å². The van der Waals surface area contributed by atoms with Gasteiger partial charge in [-0.1, -0.05) is 76.6 Å². The molecule has 1 N–H and O–H groups in total. The quantitative estimate of drug-likeness (QED) is 0.156. The van der Waals surface area contributed by atoms with Crippen LogP contribution in [0.2, 0.25) is 10.0 Å². The van der Waals surface area contributed by atoms with Crippen molar-refractivity contribution < 1.29 is 19.3 Å². The molecule has 3 amide bonds. The predicted molar refractivity (Wildman–Crippen MR) is 165 cm³/mol. The molecule has 14 heteroatoms. The maximum Gasteiger partial charge on any atom is 0.308 e. The first-order chi connectivity index (χ1) is 20.6. The lowest BCUT2D eigenvalue weighted by Gasteiger charge is -2.31. The number of thioether (sulfide) groups is 1. The van der Waals surface area contributed by atoms with Gasteiger partial charge in [-0.3, -0.25) is 33.9 Å². The van der Waals surface area contributed by atoms with Crippen LogP contribution in [0.3, 0.4) is 0 Å². The molecule has 3 heterocycles. The lowest BCUT2D eigenvalue weighted by Crippen LogP contribution is -2.33. The van der Waals surface area contributed by atoms with Gasteiger partial charge in [-0.05, 0) is 42.3 Å². The van der Waals surface area contributed by atoms with Crippen LogP contribution in [0, 0.1) is 23.0 Å². The Balaban J connectivity index is 1.43. The average Bonchev–Trinajstić information content (AvgIpc) is 3.42. The number of hydrogen-bond acceptors (Lipinski definition) is 8. The number of halogens is 2. The lowest BCUT2D eigenvalue weighted by atomic mass is 9.83. The van der Waals surface area contributed by atoms with Crippen LogP contribution < -0.4 is 15.1 Å². The van der Waals surface area contributed by atoms with Gasteiger partial charge in [0.1, 0.15) is 11.8 Å². The van der Waals surface area contributed by atoms with E-state index in [1.54, 1.807) is 30.3 Å². The number of nitrogens with zero attached hydrogens (tertiary/aromatic N) is 3. The van der Waals surface area contributed by atoms with Crippen LogP contribution in [0.4, 0.5) is 17.1 Å². The van der Waals surface area contributed by atoms with Crippen molar-refractivity contribution in [2.75, 3.05) is 10.2 Å². The zero-order valence-electron chi connectivity index (χ0n) is 22.2. The number of nitrogens with one attached hydrogen (secondary N) is 1. The number of amides is 3. The van der Waals surface area contributed by atoms with E-state index in [2.05, 4.69) is 5.32 Å². The number of nitro groups is 1. The van der Waals surface area contributed by atoms with Gasteiger partial charge < -0.3 is 5.32 Å². The monoisotopic (exact) mass is 654 g/mol. The summed E-state index contributed by atoms with van der Waals surface area (Å²) in [6.07, 6.45) is 0. The number of anilines is 2. The molecule has 6 rings (SSSR count). The molecule has 0 aliphatic carbocycles. The molecule has 1 fully saturated rings. The molecule has 3 aromatic carbocycles. The number of imide groups is 1. The summed E-state index contributed by atoms with van der Waals surface area (Å²) in [5, 5.41) is 13.8.